The highest BCUT2D eigenvalue weighted by Crippen LogP contribution is 2.64. The molecule has 5 rings (SSSR count). The number of urea groups is 1. The first kappa shape index (κ1) is 31.3. The second-order valence-electron chi connectivity index (χ2n) is 12.4. The van der Waals surface area contributed by atoms with E-state index in [2.05, 4.69) is 20.3 Å². The van der Waals surface area contributed by atoms with E-state index in [1.807, 2.05) is 62.4 Å². The molecule has 44 heavy (non-hydrogen) atoms. The number of aliphatic carboxylic acids is 1. The SMILES string of the molecule is CC1(C)[C@H]2CC[C@@]1(CS(=O)(=O)NC(Cc1ccc(-c3cccc(NC(=O)NCCc4ccccn4)c3)cc1)C(=O)O)C(=O)C2. The van der Waals surface area contributed by atoms with Gasteiger partial charge in [-0.05, 0) is 71.6 Å². The number of hydrogen-bond acceptors (Lipinski definition) is 6. The number of carboxylic acids is 1. The van der Waals surface area contributed by atoms with Gasteiger partial charge in [0, 0.05) is 42.4 Å². The molecule has 232 valence electrons. The average molecular weight is 619 g/mol. The largest absolute Gasteiger partial charge is 0.480 e. The number of aromatic nitrogens is 1. The maximum Gasteiger partial charge on any atom is 0.322 e. The average Bonchev–Trinajstić information content (AvgIpc) is 3.32. The van der Waals surface area contributed by atoms with Crippen molar-refractivity contribution in [2.24, 2.45) is 16.7 Å². The number of nitrogens with one attached hydrogen (secondary N) is 3. The molecule has 3 atom stereocenters. The number of carboxylic acid groups (broad SMARTS) is 1. The Balaban J connectivity index is 1.19. The molecule has 0 radical (unpaired) electrons. The minimum Gasteiger partial charge on any atom is -0.480 e. The minimum absolute atomic E-state index is 0.0351. The quantitative estimate of drug-likeness (QED) is 0.234. The number of hydrogen-bond donors (Lipinski definition) is 4. The number of rotatable bonds is 12. The Kier molecular flexibility index (Phi) is 8.90. The Morgan fingerprint density at radius 2 is 1.82 bits per heavy atom. The van der Waals surface area contributed by atoms with Crippen LogP contribution in [0.25, 0.3) is 11.1 Å². The molecule has 2 fully saturated rings. The number of benzene rings is 2. The van der Waals surface area contributed by atoms with Crippen LogP contribution in [0.4, 0.5) is 10.5 Å². The summed E-state index contributed by atoms with van der Waals surface area (Å²) in [4.78, 5) is 41.5. The molecule has 0 aliphatic heterocycles. The third kappa shape index (κ3) is 6.68. The van der Waals surface area contributed by atoms with Crippen molar-refractivity contribution in [1.29, 1.82) is 0 Å². The van der Waals surface area contributed by atoms with Crippen LogP contribution in [0.3, 0.4) is 0 Å². The number of sulfonamides is 1. The number of carbonyl (C=O) groups excluding carboxylic acids is 2. The Morgan fingerprint density at radius 1 is 1.05 bits per heavy atom. The monoisotopic (exact) mass is 618 g/mol. The fraction of sp³-hybridized carbons (Fsp3) is 0.394. The van der Waals surface area contributed by atoms with Crippen molar-refractivity contribution in [2.45, 2.75) is 52.0 Å². The highest BCUT2D eigenvalue weighted by atomic mass is 32.2. The Bertz CT molecular complexity index is 1640. The molecule has 2 saturated carbocycles. The molecule has 0 saturated heterocycles. The second-order valence-corrected chi connectivity index (χ2v) is 14.1. The van der Waals surface area contributed by atoms with Crippen LogP contribution in [-0.4, -0.2) is 54.6 Å². The molecule has 1 aromatic heterocycles. The number of ketones is 1. The van der Waals surface area contributed by atoms with Gasteiger partial charge in [-0.15, -0.1) is 0 Å². The van der Waals surface area contributed by atoms with Crippen LogP contribution in [0.5, 0.6) is 0 Å². The fourth-order valence-corrected chi connectivity index (χ4v) is 8.77. The summed E-state index contributed by atoms with van der Waals surface area (Å²) in [7, 11) is -4.06. The molecule has 3 aromatic rings. The topological polar surface area (TPSA) is 155 Å². The lowest BCUT2D eigenvalue weighted by Gasteiger charge is -2.36. The van der Waals surface area contributed by atoms with E-state index in [-0.39, 0.29) is 24.2 Å². The van der Waals surface area contributed by atoms with Gasteiger partial charge in [0.05, 0.1) is 5.75 Å². The molecule has 1 unspecified atom stereocenters. The number of amides is 2. The van der Waals surface area contributed by atoms with Crippen LogP contribution in [0.15, 0.2) is 72.9 Å². The van der Waals surface area contributed by atoms with E-state index >= 15 is 0 Å². The molecule has 10 nitrogen and oxygen atoms in total. The van der Waals surface area contributed by atoms with Gasteiger partial charge >= 0.3 is 12.0 Å². The molecule has 2 amide bonds. The third-order valence-corrected chi connectivity index (χ3v) is 11.0. The van der Waals surface area contributed by atoms with Crippen molar-refractivity contribution < 1.29 is 27.9 Å². The summed E-state index contributed by atoms with van der Waals surface area (Å²) in [6.45, 7) is 4.34. The number of anilines is 1. The van der Waals surface area contributed by atoms with Crippen molar-refractivity contribution in [3.63, 3.8) is 0 Å². The van der Waals surface area contributed by atoms with Crippen LogP contribution in [-0.2, 0) is 32.5 Å². The van der Waals surface area contributed by atoms with Crippen LogP contribution in [0, 0.1) is 16.7 Å². The van der Waals surface area contributed by atoms with E-state index < -0.39 is 38.6 Å². The fourth-order valence-electron chi connectivity index (χ4n) is 6.74. The summed E-state index contributed by atoms with van der Waals surface area (Å²) in [5.74, 6) is -1.55. The van der Waals surface area contributed by atoms with E-state index in [0.29, 0.717) is 37.1 Å². The molecule has 11 heteroatoms. The van der Waals surface area contributed by atoms with Gasteiger partial charge in [0.25, 0.3) is 0 Å². The molecule has 1 heterocycles. The summed E-state index contributed by atoms with van der Waals surface area (Å²) in [5, 5.41) is 15.5. The summed E-state index contributed by atoms with van der Waals surface area (Å²) in [6, 6.07) is 18.4. The number of Topliss-reactive ketones (excluding diaryl/α,β-unsaturated/α-hetero) is 1. The van der Waals surface area contributed by atoms with Crippen LogP contribution in [0.1, 0.15) is 44.4 Å². The zero-order chi connectivity index (χ0) is 31.5. The standard InChI is InChI=1S/C33H38N4O6S/c1-32(2)25-13-15-33(32,29(38)20-25)21-44(42,43)37-28(30(39)40)18-22-9-11-23(12-10-22)24-6-5-8-27(19-24)36-31(41)35-17-14-26-7-3-4-16-34-26/h3-12,16,19,25,28,37H,13-15,17-18,20-21H2,1-2H3,(H,39,40)(H2,35,36,41)/t25-,28?,33+/m0/s1. The van der Waals surface area contributed by atoms with Gasteiger partial charge in [0.1, 0.15) is 11.8 Å². The predicted octanol–water partition coefficient (Wildman–Crippen LogP) is 4.42. The van der Waals surface area contributed by atoms with Gasteiger partial charge in [-0.25, -0.2) is 17.9 Å². The number of fused-ring (bicyclic) bond motifs is 2. The van der Waals surface area contributed by atoms with E-state index in [4.69, 9.17) is 0 Å². The number of carbonyl (C=O) groups is 3. The summed E-state index contributed by atoms with van der Waals surface area (Å²) in [5.41, 5.74) is 2.41. The lowest BCUT2D eigenvalue weighted by atomic mass is 9.70. The Morgan fingerprint density at radius 3 is 2.45 bits per heavy atom. The summed E-state index contributed by atoms with van der Waals surface area (Å²) < 4.78 is 28.8. The van der Waals surface area contributed by atoms with Gasteiger partial charge in [-0.1, -0.05) is 56.3 Å². The van der Waals surface area contributed by atoms with E-state index in [9.17, 15) is 27.9 Å². The zero-order valence-corrected chi connectivity index (χ0v) is 25.7. The van der Waals surface area contributed by atoms with E-state index in [0.717, 1.165) is 23.2 Å². The summed E-state index contributed by atoms with van der Waals surface area (Å²) in [6.07, 6.45) is 3.98. The van der Waals surface area contributed by atoms with Crippen LogP contribution < -0.4 is 15.4 Å². The molecular formula is C33H38N4O6S. The highest BCUT2D eigenvalue weighted by molar-refractivity contribution is 7.89. The van der Waals surface area contributed by atoms with E-state index in [1.165, 1.54) is 0 Å². The van der Waals surface area contributed by atoms with Gasteiger partial charge in [-0.2, -0.15) is 0 Å². The third-order valence-electron chi connectivity index (χ3n) is 9.44. The molecule has 0 spiro atoms. The van der Waals surface area contributed by atoms with Crippen molar-refractivity contribution in [3.05, 3.63) is 84.2 Å². The van der Waals surface area contributed by atoms with Gasteiger partial charge < -0.3 is 15.7 Å². The number of pyridine rings is 1. The van der Waals surface area contributed by atoms with Gasteiger partial charge in [0.15, 0.2) is 0 Å². The van der Waals surface area contributed by atoms with E-state index in [1.54, 1.807) is 24.4 Å². The van der Waals surface area contributed by atoms with Crippen molar-refractivity contribution >= 4 is 33.5 Å². The highest BCUT2D eigenvalue weighted by Gasteiger charge is 2.65. The Hall–Kier alpha value is -4.09. The lowest BCUT2D eigenvalue weighted by Crippen LogP contribution is -2.49. The van der Waals surface area contributed by atoms with Crippen molar-refractivity contribution in [1.82, 2.24) is 15.0 Å². The van der Waals surface area contributed by atoms with Gasteiger partial charge in [0.2, 0.25) is 10.0 Å². The zero-order valence-electron chi connectivity index (χ0n) is 24.9. The maximum atomic E-state index is 13.2. The normalized spacial score (nSPS) is 21.1. The van der Waals surface area contributed by atoms with Gasteiger partial charge in [-0.3, -0.25) is 14.6 Å². The predicted molar refractivity (Wildman–Crippen MR) is 167 cm³/mol. The summed E-state index contributed by atoms with van der Waals surface area (Å²) >= 11 is 0. The maximum absolute atomic E-state index is 13.2. The molecular weight excluding hydrogens is 580 g/mol. The molecule has 2 aliphatic carbocycles. The first-order chi connectivity index (χ1) is 20.9. The Labute approximate surface area is 257 Å². The van der Waals surface area contributed by atoms with Crippen molar-refractivity contribution in [2.75, 3.05) is 17.6 Å². The van der Waals surface area contributed by atoms with Crippen molar-refractivity contribution in [3.8, 4) is 11.1 Å². The molecule has 2 bridgehead atoms. The minimum atomic E-state index is -4.06. The molecule has 2 aliphatic rings. The molecule has 2 aromatic carbocycles. The smallest absolute Gasteiger partial charge is 0.322 e. The van der Waals surface area contributed by atoms with Crippen LogP contribution in [0.2, 0.25) is 0 Å². The first-order valence-corrected chi connectivity index (χ1v) is 16.4. The lowest BCUT2D eigenvalue weighted by molar-refractivity contribution is -0.138. The number of nitrogens with zero attached hydrogens (tertiary/aromatic N) is 1. The van der Waals surface area contributed by atoms with Crippen LogP contribution >= 0.6 is 0 Å². The molecule has 4 N–H and O–H groups in total. The second kappa shape index (κ2) is 12.5. The first-order valence-electron chi connectivity index (χ1n) is 14.8.